The van der Waals surface area contributed by atoms with E-state index in [9.17, 15) is 9.59 Å². The van der Waals surface area contributed by atoms with E-state index in [4.69, 9.17) is 16.3 Å². The van der Waals surface area contributed by atoms with Gasteiger partial charge in [-0.3, -0.25) is 4.79 Å². The first-order valence-electron chi connectivity index (χ1n) is 5.40. The lowest BCUT2D eigenvalue weighted by Gasteiger charge is -2.13. The summed E-state index contributed by atoms with van der Waals surface area (Å²) in [6, 6.07) is 5.12. The van der Waals surface area contributed by atoms with Crippen LogP contribution in [0.2, 0.25) is 0 Å². The first-order valence-corrected chi connectivity index (χ1v) is 5.83. The molecule has 0 heterocycles. The highest BCUT2D eigenvalue weighted by atomic mass is 35.5. The smallest absolute Gasteiger partial charge is 0.338 e. The fourth-order valence-corrected chi connectivity index (χ4v) is 1.81. The van der Waals surface area contributed by atoms with Crippen LogP contribution in [0.3, 0.4) is 0 Å². The first-order chi connectivity index (χ1) is 7.99. The summed E-state index contributed by atoms with van der Waals surface area (Å²) in [5.74, 6) is -0.532. The molecule has 1 aromatic rings. The highest BCUT2D eigenvalue weighted by Crippen LogP contribution is 2.27. The monoisotopic (exact) mass is 254 g/mol. The van der Waals surface area contributed by atoms with Gasteiger partial charge in [-0.15, -0.1) is 11.6 Å². The lowest BCUT2D eigenvalue weighted by atomic mass is 9.98. The third kappa shape index (κ3) is 3.07. The molecule has 0 radical (unpaired) electrons. The number of halogens is 1. The van der Waals surface area contributed by atoms with Crippen molar-refractivity contribution in [1.82, 2.24) is 0 Å². The van der Waals surface area contributed by atoms with Crippen molar-refractivity contribution in [1.29, 1.82) is 0 Å². The van der Waals surface area contributed by atoms with Crippen molar-refractivity contribution in [3.05, 3.63) is 34.9 Å². The number of benzene rings is 1. The Kier molecular flexibility index (Phi) is 4.70. The van der Waals surface area contributed by atoms with Gasteiger partial charge in [0.15, 0.2) is 5.78 Å². The van der Waals surface area contributed by atoms with Crippen LogP contribution in [0.1, 0.15) is 40.7 Å². The number of ether oxygens (including phenoxy) is 1. The Morgan fingerprint density at radius 1 is 1.41 bits per heavy atom. The average molecular weight is 255 g/mol. The largest absolute Gasteiger partial charge is 0.462 e. The Labute approximate surface area is 106 Å². The van der Waals surface area contributed by atoms with Crippen molar-refractivity contribution >= 4 is 23.4 Å². The highest BCUT2D eigenvalue weighted by molar-refractivity contribution is 6.31. The van der Waals surface area contributed by atoms with Gasteiger partial charge >= 0.3 is 5.97 Å². The van der Waals surface area contributed by atoms with Gasteiger partial charge in [0.05, 0.1) is 12.2 Å². The maximum absolute atomic E-state index is 11.7. The Morgan fingerprint density at radius 2 is 2.06 bits per heavy atom. The van der Waals surface area contributed by atoms with Gasteiger partial charge < -0.3 is 4.74 Å². The van der Waals surface area contributed by atoms with Crippen molar-refractivity contribution in [3.63, 3.8) is 0 Å². The van der Waals surface area contributed by atoms with Gasteiger partial charge in [0.2, 0.25) is 0 Å². The van der Waals surface area contributed by atoms with E-state index >= 15 is 0 Å². The van der Waals surface area contributed by atoms with Crippen LogP contribution in [0.4, 0.5) is 0 Å². The molecular weight excluding hydrogens is 240 g/mol. The molecule has 0 aliphatic heterocycles. The van der Waals surface area contributed by atoms with Gasteiger partial charge in [0.1, 0.15) is 5.38 Å². The molecule has 0 aromatic heterocycles. The molecule has 0 fully saturated rings. The topological polar surface area (TPSA) is 43.4 Å². The Morgan fingerprint density at radius 3 is 2.59 bits per heavy atom. The van der Waals surface area contributed by atoms with Crippen LogP contribution in [0.5, 0.6) is 0 Å². The molecule has 0 aliphatic carbocycles. The molecule has 1 unspecified atom stereocenters. The lowest BCUT2D eigenvalue weighted by molar-refractivity contribution is -0.116. The second-order valence-corrected chi connectivity index (χ2v) is 4.15. The Bertz CT molecular complexity index is 440. The third-order valence-corrected chi connectivity index (χ3v) is 3.04. The van der Waals surface area contributed by atoms with Crippen LogP contribution >= 0.6 is 11.6 Å². The van der Waals surface area contributed by atoms with Crippen LogP contribution in [-0.2, 0) is 9.53 Å². The summed E-state index contributed by atoms with van der Waals surface area (Å²) in [6.45, 7) is 5.25. The number of Topliss-reactive ketones (excluding diaryl/α,β-unsaturated/α-hetero) is 1. The van der Waals surface area contributed by atoms with Crippen LogP contribution in [-0.4, -0.2) is 18.4 Å². The summed E-state index contributed by atoms with van der Waals surface area (Å²) in [7, 11) is 0. The number of alkyl halides is 1. The predicted molar refractivity (Wildman–Crippen MR) is 66.4 cm³/mol. The molecule has 0 N–H and O–H groups in total. The molecule has 0 saturated heterocycles. The minimum Gasteiger partial charge on any atom is -0.462 e. The van der Waals surface area contributed by atoms with Crippen LogP contribution < -0.4 is 0 Å². The van der Waals surface area contributed by atoms with Crippen molar-refractivity contribution in [2.45, 2.75) is 26.1 Å². The molecule has 17 heavy (non-hydrogen) atoms. The SMILES string of the molecule is CCOC(=O)c1cccc(C(Cl)C(C)=O)c1C. The number of carbonyl (C=O) groups is 2. The summed E-state index contributed by atoms with van der Waals surface area (Å²) in [5.41, 5.74) is 1.81. The minimum atomic E-state index is -0.718. The van der Waals surface area contributed by atoms with Gasteiger partial charge in [-0.05, 0) is 38.0 Å². The Hall–Kier alpha value is -1.35. The molecule has 4 heteroatoms. The number of ketones is 1. The third-order valence-electron chi connectivity index (χ3n) is 2.50. The molecule has 1 aromatic carbocycles. The first kappa shape index (κ1) is 13.7. The van der Waals surface area contributed by atoms with Crippen molar-refractivity contribution in [3.8, 4) is 0 Å². The summed E-state index contributed by atoms with van der Waals surface area (Å²) in [6.07, 6.45) is 0. The maximum atomic E-state index is 11.7. The zero-order valence-electron chi connectivity index (χ0n) is 10.1. The molecule has 0 spiro atoms. The van der Waals surface area contributed by atoms with E-state index in [1.54, 1.807) is 32.0 Å². The molecule has 92 valence electrons. The number of hydrogen-bond donors (Lipinski definition) is 0. The summed E-state index contributed by atoms with van der Waals surface area (Å²) < 4.78 is 4.94. The fourth-order valence-electron chi connectivity index (χ4n) is 1.58. The molecule has 0 amide bonds. The highest BCUT2D eigenvalue weighted by Gasteiger charge is 2.19. The van der Waals surface area contributed by atoms with E-state index in [-0.39, 0.29) is 11.8 Å². The number of hydrogen-bond acceptors (Lipinski definition) is 3. The molecule has 1 atom stereocenters. The van der Waals surface area contributed by atoms with Gasteiger partial charge in [0, 0.05) is 0 Å². The number of rotatable bonds is 4. The molecule has 1 rings (SSSR count). The second-order valence-electron chi connectivity index (χ2n) is 3.71. The zero-order valence-corrected chi connectivity index (χ0v) is 10.9. The molecule has 3 nitrogen and oxygen atoms in total. The maximum Gasteiger partial charge on any atom is 0.338 e. The minimum absolute atomic E-state index is 0.143. The van der Waals surface area contributed by atoms with Crippen molar-refractivity contribution < 1.29 is 14.3 Å². The van der Waals surface area contributed by atoms with Gasteiger partial charge in [-0.1, -0.05) is 12.1 Å². The predicted octanol–water partition coefficient (Wildman–Crippen LogP) is 3.04. The van der Waals surface area contributed by atoms with Crippen molar-refractivity contribution in [2.75, 3.05) is 6.61 Å². The number of esters is 1. The average Bonchev–Trinajstić information content (AvgIpc) is 2.28. The second kappa shape index (κ2) is 5.82. The van der Waals surface area contributed by atoms with E-state index in [1.807, 2.05) is 0 Å². The molecule has 0 saturated carbocycles. The lowest BCUT2D eigenvalue weighted by Crippen LogP contribution is -2.10. The van der Waals surface area contributed by atoms with E-state index in [0.29, 0.717) is 23.3 Å². The standard InChI is InChI=1S/C13H15ClO3/c1-4-17-13(16)11-7-5-6-10(8(11)2)12(14)9(3)15/h5-7,12H,4H2,1-3H3. The number of carbonyl (C=O) groups excluding carboxylic acids is 2. The van der Waals surface area contributed by atoms with Crippen LogP contribution in [0.15, 0.2) is 18.2 Å². The van der Waals surface area contributed by atoms with Crippen LogP contribution in [0, 0.1) is 6.92 Å². The molecule has 0 aliphatic rings. The normalized spacial score (nSPS) is 12.0. The fraction of sp³-hybridized carbons (Fsp3) is 0.385. The van der Waals surface area contributed by atoms with E-state index in [0.717, 1.165) is 0 Å². The molecular formula is C13H15ClO3. The van der Waals surface area contributed by atoms with Crippen molar-refractivity contribution in [2.24, 2.45) is 0 Å². The summed E-state index contributed by atoms with van der Waals surface area (Å²) in [5, 5.41) is -0.718. The van der Waals surface area contributed by atoms with E-state index in [2.05, 4.69) is 0 Å². The summed E-state index contributed by atoms with van der Waals surface area (Å²) >= 11 is 6.00. The molecule has 0 bridgehead atoms. The van der Waals surface area contributed by atoms with Gasteiger partial charge in [-0.2, -0.15) is 0 Å². The van der Waals surface area contributed by atoms with Gasteiger partial charge in [-0.25, -0.2) is 4.79 Å². The Balaban J connectivity index is 3.15. The van der Waals surface area contributed by atoms with E-state index in [1.165, 1.54) is 6.92 Å². The van der Waals surface area contributed by atoms with Gasteiger partial charge in [0.25, 0.3) is 0 Å². The van der Waals surface area contributed by atoms with Crippen LogP contribution in [0.25, 0.3) is 0 Å². The zero-order chi connectivity index (χ0) is 13.0. The summed E-state index contributed by atoms with van der Waals surface area (Å²) in [4.78, 5) is 22.9. The quantitative estimate of drug-likeness (QED) is 0.613. The van der Waals surface area contributed by atoms with E-state index < -0.39 is 5.38 Å².